The molecule has 1 aromatic rings. The van der Waals surface area contributed by atoms with E-state index in [4.69, 9.17) is 4.55 Å². The third-order valence-corrected chi connectivity index (χ3v) is 3.04. The van der Waals surface area contributed by atoms with E-state index in [0.717, 1.165) is 6.21 Å². The summed E-state index contributed by atoms with van der Waals surface area (Å²) in [6.07, 6.45) is 1.16. The fourth-order valence-electron chi connectivity index (χ4n) is 1.14. The smallest absolute Gasteiger partial charge is 0.295 e. The van der Waals surface area contributed by atoms with E-state index in [0.29, 0.717) is 4.74 Å². The summed E-state index contributed by atoms with van der Waals surface area (Å²) < 4.78 is 31.9. The molecule has 1 N–H and O–H groups in total. The maximum atomic E-state index is 11.7. The number of nitrogens with zero attached hydrogens (tertiary/aromatic N) is 1. The molecule has 0 heterocycles. The van der Waals surface area contributed by atoms with Crippen LogP contribution in [0.15, 0.2) is 29.2 Å². The van der Waals surface area contributed by atoms with Crippen LogP contribution in [-0.4, -0.2) is 29.5 Å². The van der Waals surface area contributed by atoms with Crippen LogP contribution >= 0.6 is 0 Å². The summed E-state index contributed by atoms with van der Waals surface area (Å²) >= 11 is 0. The lowest BCUT2D eigenvalue weighted by Gasteiger charge is -2.18. The second-order valence-electron chi connectivity index (χ2n) is 4.64. The molecule has 0 aliphatic heterocycles. The van der Waals surface area contributed by atoms with Gasteiger partial charge in [0.2, 0.25) is 0 Å². The first kappa shape index (κ1) is 13.7. The number of hydrogen-bond acceptors (Lipinski definition) is 3. The first-order chi connectivity index (χ1) is 7.62. The van der Waals surface area contributed by atoms with E-state index in [9.17, 15) is 13.6 Å². The standard InChI is InChI=1S/C11H15NO4S/c1-11(2,3)12(13)8-9-6-4-5-7-10(9)17(14,15)16/h4-8H,1-3H3,(H,14,15,16)/b12-8-. The van der Waals surface area contributed by atoms with E-state index >= 15 is 0 Å². The predicted octanol–water partition coefficient (Wildman–Crippen LogP) is 1.66. The molecule has 5 nitrogen and oxygen atoms in total. The molecule has 0 fully saturated rings. The summed E-state index contributed by atoms with van der Waals surface area (Å²) in [5, 5.41) is 11.7. The van der Waals surface area contributed by atoms with Crippen LogP contribution in [0.1, 0.15) is 26.3 Å². The molecule has 0 amide bonds. The first-order valence-electron chi connectivity index (χ1n) is 5.00. The quantitative estimate of drug-likeness (QED) is 0.287. The predicted molar refractivity (Wildman–Crippen MR) is 64.8 cm³/mol. The van der Waals surface area contributed by atoms with Crippen molar-refractivity contribution in [3.8, 4) is 0 Å². The highest BCUT2D eigenvalue weighted by molar-refractivity contribution is 7.86. The van der Waals surface area contributed by atoms with E-state index in [1.807, 2.05) is 0 Å². The van der Waals surface area contributed by atoms with Gasteiger partial charge in [0.15, 0.2) is 11.8 Å². The third-order valence-electron chi connectivity index (χ3n) is 2.11. The molecule has 0 bridgehead atoms. The molecule has 0 radical (unpaired) electrons. The average molecular weight is 257 g/mol. The zero-order valence-corrected chi connectivity index (χ0v) is 10.7. The second-order valence-corrected chi connectivity index (χ2v) is 6.03. The maximum Gasteiger partial charge on any atom is 0.295 e. The Morgan fingerprint density at radius 1 is 1.29 bits per heavy atom. The molecule has 6 heteroatoms. The largest absolute Gasteiger partial charge is 0.623 e. The SMILES string of the molecule is CC(C)(C)/[N+]([O-])=C/c1ccccc1S(=O)(=O)O. The molecule has 17 heavy (non-hydrogen) atoms. The summed E-state index contributed by atoms with van der Waals surface area (Å²) in [7, 11) is -4.32. The summed E-state index contributed by atoms with van der Waals surface area (Å²) in [5.41, 5.74) is -0.508. The minimum atomic E-state index is -4.32. The number of hydroxylamine groups is 1. The van der Waals surface area contributed by atoms with Gasteiger partial charge in [-0.1, -0.05) is 12.1 Å². The van der Waals surface area contributed by atoms with Crippen molar-refractivity contribution in [2.75, 3.05) is 0 Å². The second kappa shape index (κ2) is 4.46. The molecular formula is C11H15NO4S. The van der Waals surface area contributed by atoms with Crippen molar-refractivity contribution >= 4 is 16.3 Å². The van der Waals surface area contributed by atoms with Crippen molar-refractivity contribution in [2.45, 2.75) is 31.2 Å². The topological polar surface area (TPSA) is 80.4 Å². The van der Waals surface area contributed by atoms with Crippen molar-refractivity contribution in [2.24, 2.45) is 0 Å². The fraction of sp³-hybridized carbons (Fsp3) is 0.364. The van der Waals surface area contributed by atoms with Gasteiger partial charge in [-0.2, -0.15) is 8.42 Å². The van der Waals surface area contributed by atoms with Crippen LogP contribution in [-0.2, 0) is 10.1 Å². The van der Waals surface area contributed by atoms with Crippen LogP contribution in [0, 0.1) is 5.21 Å². The molecule has 0 saturated carbocycles. The van der Waals surface area contributed by atoms with E-state index in [1.54, 1.807) is 26.8 Å². The molecule has 0 aliphatic carbocycles. The normalized spacial score (nSPS) is 13.8. The Kier molecular flexibility index (Phi) is 3.59. The first-order valence-corrected chi connectivity index (χ1v) is 6.44. The lowest BCUT2D eigenvalue weighted by Crippen LogP contribution is -2.29. The molecule has 1 rings (SSSR count). The molecule has 0 saturated heterocycles. The van der Waals surface area contributed by atoms with Gasteiger partial charge in [0.05, 0.1) is 5.56 Å². The van der Waals surface area contributed by atoms with Gasteiger partial charge in [-0.15, -0.1) is 0 Å². The van der Waals surface area contributed by atoms with Crippen LogP contribution in [0.25, 0.3) is 0 Å². The minimum Gasteiger partial charge on any atom is -0.623 e. The van der Waals surface area contributed by atoms with Gasteiger partial charge in [0.25, 0.3) is 10.1 Å². The highest BCUT2D eigenvalue weighted by Gasteiger charge is 2.21. The lowest BCUT2D eigenvalue weighted by molar-refractivity contribution is -0.530. The van der Waals surface area contributed by atoms with Crippen LogP contribution < -0.4 is 0 Å². The maximum absolute atomic E-state index is 11.7. The summed E-state index contributed by atoms with van der Waals surface area (Å²) in [6.45, 7) is 5.10. The van der Waals surface area contributed by atoms with Gasteiger partial charge in [-0.25, -0.2) is 4.74 Å². The summed E-state index contributed by atoms with van der Waals surface area (Å²) in [4.78, 5) is -0.273. The molecule has 0 aromatic heterocycles. The summed E-state index contributed by atoms with van der Waals surface area (Å²) in [5.74, 6) is 0. The summed E-state index contributed by atoms with van der Waals surface area (Å²) in [6, 6.07) is 5.78. The van der Waals surface area contributed by atoms with Crippen molar-refractivity contribution in [1.29, 1.82) is 0 Å². The van der Waals surface area contributed by atoms with Gasteiger partial charge >= 0.3 is 0 Å². The Hall–Kier alpha value is -1.40. The van der Waals surface area contributed by atoms with Crippen molar-refractivity contribution < 1.29 is 17.7 Å². The highest BCUT2D eigenvalue weighted by Crippen LogP contribution is 2.14. The van der Waals surface area contributed by atoms with E-state index in [2.05, 4.69) is 0 Å². The van der Waals surface area contributed by atoms with E-state index in [1.165, 1.54) is 18.2 Å². The van der Waals surface area contributed by atoms with Crippen LogP contribution in [0.3, 0.4) is 0 Å². The van der Waals surface area contributed by atoms with E-state index < -0.39 is 15.7 Å². The Morgan fingerprint density at radius 3 is 2.29 bits per heavy atom. The molecule has 0 unspecified atom stereocenters. The van der Waals surface area contributed by atoms with Crippen molar-refractivity contribution in [3.63, 3.8) is 0 Å². The highest BCUT2D eigenvalue weighted by atomic mass is 32.2. The van der Waals surface area contributed by atoms with Gasteiger partial charge in [0.1, 0.15) is 4.90 Å². The Balaban J connectivity index is 3.35. The molecule has 0 spiro atoms. The van der Waals surface area contributed by atoms with Gasteiger partial charge in [-0.3, -0.25) is 4.55 Å². The van der Waals surface area contributed by atoms with Gasteiger partial charge in [0, 0.05) is 20.8 Å². The Bertz CT molecular complexity index is 541. The number of benzene rings is 1. The zero-order valence-electron chi connectivity index (χ0n) is 9.91. The lowest BCUT2D eigenvalue weighted by atomic mass is 10.1. The minimum absolute atomic E-state index is 0.167. The van der Waals surface area contributed by atoms with Gasteiger partial charge in [-0.05, 0) is 12.1 Å². The van der Waals surface area contributed by atoms with Crippen LogP contribution in [0.2, 0.25) is 0 Å². The number of hydrogen-bond donors (Lipinski definition) is 1. The molecule has 0 atom stereocenters. The Labute approximate surface area is 101 Å². The van der Waals surface area contributed by atoms with Crippen LogP contribution in [0.5, 0.6) is 0 Å². The molecule has 1 aromatic carbocycles. The van der Waals surface area contributed by atoms with E-state index in [-0.39, 0.29) is 10.5 Å². The average Bonchev–Trinajstić information content (AvgIpc) is 2.15. The fourth-order valence-corrected chi connectivity index (χ4v) is 1.81. The van der Waals surface area contributed by atoms with Crippen molar-refractivity contribution in [1.82, 2.24) is 0 Å². The molecule has 94 valence electrons. The molecule has 0 aliphatic rings. The molecular weight excluding hydrogens is 242 g/mol. The Morgan fingerprint density at radius 2 is 1.82 bits per heavy atom. The monoisotopic (exact) mass is 257 g/mol. The zero-order chi connectivity index (χ0) is 13.3. The van der Waals surface area contributed by atoms with Crippen LogP contribution in [0.4, 0.5) is 0 Å². The van der Waals surface area contributed by atoms with Crippen molar-refractivity contribution in [3.05, 3.63) is 35.0 Å². The van der Waals surface area contributed by atoms with Gasteiger partial charge < -0.3 is 5.21 Å². The number of rotatable bonds is 2. The third kappa shape index (κ3) is 3.54.